The lowest BCUT2D eigenvalue weighted by molar-refractivity contribution is -0.136. The van der Waals surface area contributed by atoms with Gasteiger partial charge in [-0.1, -0.05) is 18.2 Å². The molecule has 2 N–H and O–H groups in total. The fourth-order valence-corrected chi connectivity index (χ4v) is 3.79. The highest BCUT2D eigenvalue weighted by atomic mass is 16.5. The minimum atomic E-state index is -0.852. The molecular formula is C19H23N3O4. The van der Waals surface area contributed by atoms with Gasteiger partial charge in [-0.3, -0.25) is 14.7 Å². The number of benzene rings is 1. The molecule has 0 unspecified atom stereocenters. The molecule has 0 saturated carbocycles. The van der Waals surface area contributed by atoms with E-state index >= 15 is 0 Å². The maximum atomic E-state index is 13.0. The molecule has 2 aliphatic heterocycles. The molecule has 1 amide bonds. The summed E-state index contributed by atoms with van der Waals surface area (Å²) in [6.07, 6.45) is 0.0377. The minimum absolute atomic E-state index is 0.0190. The van der Waals surface area contributed by atoms with Gasteiger partial charge in [0.1, 0.15) is 6.10 Å². The third-order valence-corrected chi connectivity index (χ3v) is 5.30. The summed E-state index contributed by atoms with van der Waals surface area (Å²) >= 11 is 0. The van der Waals surface area contributed by atoms with Crippen molar-refractivity contribution in [1.82, 2.24) is 14.8 Å². The van der Waals surface area contributed by atoms with Gasteiger partial charge in [-0.25, -0.2) is 0 Å². The van der Waals surface area contributed by atoms with Crippen LogP contribution in [0.2, 0.25) is 0 Å². The van der Waals surface area contributed by atoms with Crippen molar-refractivity contribution in [2.24, 2.45) is 0 Å². The van der Waals surface area contributed by atoms with E-state index in [1.54, 1.807) is 6.20 Å². The van der Waals surface area contributed by atoms with Gasteiger partial charge in [0.15, 0.2) is 0 Å². The predicted molar refractivity (Wildman–Crippen MR) is 95.8 cm³/mol. The number of hydrogen-bond donors (Lipinski definition) is 2. The van der Waals surface area contributed by atoms with Crippen LogP contribution in [0.25, 0.3) is 10.9 Å². The van der Waals surface area contributed by atoms with Crippen molar-refractivity contribution in [2.75, 3.05) is 39.4 Å². The lowest BCUT2D eigenvalue weighted by Crippen LogP contribution is -2.60. The van der Waals surface area contributed by atoms with Crippen molar-refractivity contribution in [1.29, 1.82) is 0 Å². The number of piperazine rings is 1. The van der Waals surface area contributed by atoms with Crippen LogP contribution in [0.3, 0.4) is 0 Å². The Kier molecular flexibility index (Phi) is 4.86. The lowest BCUT2D eigenvalue weighted by atomic mass is 10.0. The highest BCUT2D eigenvalue weighted by Gasteiger charge is 2.37. The summed E-state index contributed by atoms with van der Waals surface area (Å²) < 4.78 is 5.37. The quantitative estimate of drug-likeness (QED) is 0.794. The van der Waals surface area contributed by atoms with Crippen LogP contribution in [0.1, 0.15) is 10.4 Å². The van der Waals surface area contributed by atoms with E-state index in [0.29, 0.717) is 38.3 Å². The molecule has 1 aromatic heterocycles. The van der Waals surface area contributed by atoms with Crippen molar-refractivity contribution in [3.8, 4) is 0 Å². The first-order valence-electron chi connectivity index (χ1n) is 8.96. The third kappa shape index (κ3) is 3.19. The number of ether oxygens (including phenoxy) is 1. The molecule has 2 aliphatic rings. The second kappa shape index (κ2) is 7.28. The van der Waals surface area contributed by atoms with Crippen LogP contribution in [0.5, 0.6) is 0 Å². The van der Waals surface area contributed by atoms with Gasteiger partial charge in [0, 0.05) is 37.8 Å². The minimum Gasteiger partial charge on any atom is -0.389 e. The van der Waals surface area contributed by atoms with E-state index in [0.717, 1.165) is 10.9 Å². The second-order valence-corrected chi connectivity index (χ2v) is 6.87. The molecule has 4 rings (SSSR count). The summed E-state index contributed by atoms with van der Waals surface area (Å²) in [5, 5.41) is 20.9. The number of nitrogens with zero attached hydrogens (tertiary/aromatic N) is 3. The average molecular weight is 357 g/mol. The standard InChI is InChI=1S/C19H23N3O4/c23-16-12-26-11-15(18(16)24)21-7-9-22(10-8-21)19(25)14-5-1-3-13-4-2-6-20-17(13)14/h1-6,15-16,18,23-24H,7-12H2/t15-,16-,18+/m1/s1. The maximum absolute atomic E-state index is 13.0. The van der Waals surface area contributed by atoms with Crippen molar-refractivity contribution in [2.45, 2.75) is 18.2 Å². The van der Waals surface area contributed by atoms with Crippen molar-refractivity contribution < 1.29 is 19.7 Å². The van der Waals surface area contributed by atoms with Crippen LogP contribution in [0, 0.1) is 0 Å². The number of carbonyl (C=O) groups is 1. The van der Waals surface area contributed by atoms with Crippen molar-refractivity contribution >= 4 is 16.8 Å². The Morgan fingerprint density at radius 2 is 1.85 bits per heavy atom. The summed E-state index contributed by atoms with van der Waals surface area (Å²) in [6.45, 7) is 3.00. The van der Waals surface area contributed by atoms with E-state index in [4.69, 9.17) is 4.74 Å². The fraction of sp³-hybridized carbons (Fsp3) is 0.474. The van der Waals surface area contributed by atoms with Gasteiger partial charge in [-0.2, -0.15) is 0 Å². The maximum Gasteiger partial charge on any atom is 0.256 e. The number of aromatic nitrogens is 1. The monoisotopic (exact) mass is 357 g/mol. The molecule has 0 radical (unpaired) electrons. The average Bonchev–Trinajstić information content (AvgIpc) is 2.69. The summed E-state index contributed by atoms with van der Waals surface area (Å²) in [4.78, 5) is 21.3. The van der Waals surface area contributed by atoms with Crippen molar-refractivity contribution in [3.05, 3.63) is 42.1 Å². The Morgan fingerprint density at radius 3 is 2.65 bits per heavy atom. The van der Waals surface area contributed by atoms with E-state index in [9.17, 15) is 15.0 Å². The SMILES string of the molecule is O=C(c1cccc2cccnc12)N1CCN([C@@H]2COC[C@@H](O)[C@H]2O)CC1. The van der Waals surface area contributed by atoms with Crippen LogP contribution in [0.15, 0.2) is 36.5 Å². The molecule has 138 valence electrons. The highest BCUT2D eigenvalue weighted by Crippen LogP contribution is 2.21. The first-order chi connectivity index (χ1) is 12.6. The van der Waals surface area contributed by atoms with Crippen LogP contribution in [0.4, 0.5) is 0 Å². The van der Waals surface area contributed by atoms with Crippen LogP contribution in [-0.4, -0.2) is 88.5 Å². The summed E-state index contributed by atoms with van der Waals surface area (Å²) in [5.41, 5.74) is 1.34. The Morgan fingerprint density at radius 1 is 1.08 bits per heavy atom. The second-order valence-electron chi connectivity index (χ2n) is 6.87. The van der Waals surface area contributed by atoms with Gasteiger partial charge in [0.25, 0.3) is 5.91 Å². The molecule has 0 bridgehead atoms. The highest BCUT2D eigenvalue weighted by molar-refractivity contribution is 6.05. The van der Waals surface area contributed by atoms with Gasteiger partial charge in [0.2, 0.25) is 0 Å². The Bertz CT molecular complexity index is 786. The van der Waals surface area contributed by atoms with Gasteiger partial charge in [0.05, 0.1) is 36.4 Å². The zero-order valence-electron chi connectivity index (χ0n) is 14.5. The normalized spacial score (nSPS) is 27.6. The van der Waals surface area contributed by atoms with E-state index in [1.165, 1.54) is 0 Å². The van der Waals surface area contributed by atoms with Gasteiger partial charge in [-0.15, -0.1) is 0 Å². The van der Waals surface area contributed by atoms with E-state index in [2.05, 4.69) is 9.88 Å². The van der Waals surface area contributed by atoms with Gasteiger partial charge in [-0.05, 0) is 12.1 Å². The topological polar surface area (TPSA) is 86.1 Å². The molecule has 3 heterocycles. The van der Waals surface area contributed by atoms with Gasteiger partial charge < -0.3 is 19.8 Å². The first-order valence-corrected chi connectivity index (χ1v) is 8.96. The fourth-order valence-electron chi connectivity index (χ4n) is 3.79. The number of rotatable bonds is 2. The zero-order chi connectivity index (χ0) is 18.1. The van der Waals surface area contributed by atoms with Crippen molar-refractivity contribution in [3.63, 3.8) is 0 Å². The van der Waals surface area contributed by atoms with E-state index < -0.39 is 12.2 Å². The Balaban J connectivity index is 1.45. The number of amides is 1. The molecule has 2 saturated heterocycles. The Labute approximate surface area is 151 Å². The molecule has 1 aromatic carbocycles. The molecule has 7 heteroatoms. The molecule has 0 spiro atoms. The molecule has 0 aliphatic carbocycles. The molecule has 2 aromatic rings. The van der Waals surface area contributed by atoms with E-state index in [1.807, 2.05) is 35.2 Å². The Hall–Kier alpha value is -2.06. The number of aliphatic hydroxyl groups is 2. The molecule has 7 nitrogen and oxygen atoms in total. The number of carbonyl (C=O) groups excluding carboxylic acids is 1. The molecular weight excluding hydrogens is 334 g/mol. The van der Waals surface area contributed by atoms with Crippen LogP contribution in [-0.2, 0) is 4.74 Å². The summed E-state index contributed by atoms with van der Waals surface area (Å²) in [5.74, 6) is -0.0190. The van der Waals surface area contributed by atoms with E-state index in [-0.39, 0.29) is 18.6 Å². The number of hydrogen-bond acceptors (Lipinski definition) is 6. The van der Waals surface area contributed by atoms with Gasteiger partial charge >= 0.3 is 0 Å². The largest absolute Gasteiger partial charge is 0.389 e. The molecule has 3 atom stereocenters. The molecule has 26 heavy (non-hydrogen) atoms. The lowest BCUT2D eigenvalue weighted by Gasteiger charge is -2.43. The number of pyridine rings is 1. The van der Waals surface area contributed by atoms with Crippen LogP contribution < -0.4 is 0 Å². The number of aliphatic hydroxyl groups excluding tert-OH is 2. The third-order valence-electron chi connectivity index (χ3n) is 5.30. The predicted octanol–water partition coefficient (Wildman–Crippen LogP) is 0.113. The summed E-state index contributed by atoms with van der Waals surface area (Å²) in [7, 11) is 0. The number of fused-ring (bicyclic) bond motifs is 1. The summed E-state index contributed by atoms with van der Waals surface area (Å²) in [6, 6.07) is 9.24. The zero-order valence-corrected chi connectivity index (χ0v) is 14.5. The number of para-hydroxylation sites is 1. The van der Waals surface area contributed by atoms with Crippen LogP contribution >= 0.6 is 0 Å². The molecule has 2 fully saturated rings. The first kappa shape index (κ1) is 17.4. The smallest absolute Gasteiger partial charge is 0.256 e.